The minimum Gasteiger partial charge on any atom is -0.379 e. The van der Waals surface area contributed by atoms with Crippen molar-refractivity contribution in [1.29, 1.82) is 0 Å². The van der Waals surface area contributed by atoms with Gasteiger partial charge in [0.25, 0.3) is 0 Å². The van der Waals surface area contributed by atoms with Gasteiger partial charge < -0.3 is 43.2 Å². The van der Waals surface area contributed by atoms with E-state index < -0.39 is 0 Å². The van der Waals surface area contributed by atoms with E-state index in [2.05, 4.69) is 11.2 Å². The summed E-state index contributed by atoms with van der Waals surface area (Å²) in [6, 6.07) is 0. The van der Waals surface area contributed by atoms with Crippen molar-refractivity contribution in [2.24, 2.45) is 0 Å². The fourth-order valence-electron chi connectivity index (χ4n) is 1.96. The Morgan fingerprint density at radius 2 is 0.871 bits per heavy atom. The molecule has 1 N–H and O–H groups in total. The zero-order valence-electron chi connectivity index (χ0n) is 18.8. The molecule has 0 aromatic heterocycles. The highest BCUT2D eigenvalue weighted by atomic mass is 16.6. The van der Waals surface area contributed by atoms with Crippen LogP contribution in [0.4, 0.5) is 0 Å². The number of nitrogens with one attached hydrogen (secondary N) is 1. The molecule has 0 radical (unpaired) electrons. The number of rotatable bonds is 25. The largest absolute Gasteiger partial charge is 0.379 e. The summed E-state index contributed by atoms with van der Waals surface area (Å²) in [4.78, 5) is 11.0. The third-order valence-corrected chi connectivity index (χ3v) is 3.54. The molecule has 10 nitrogen and oxygen atoms in total. The Morgan fingerprint density at radius 1 is 0.581 bits per heavy atom. The van der Waals surface area contributed by atoms with Crippen molar-refractivity contribution >= 4 is 5.91 Å². The number of hydrogen-bond donors (Lipinski definition) is 1. The first-order valence-corrected chi connectivity index (χ1v) is 10.6. The standard InChI is InChI=1S/C21H39NO9/c1-3-5-24-7-9-26-11-13-28-15-17-30-19-20-31-18-16-29-14-12-27-10-8-25-6-4-21(23)22-2/h1H,4-20H2,2H3,(H,22,23). The quantitative estimate of drug-likeness (QED) is 0.151. The van der Waals surface area contributed by atoms with Gasteiger partial charge >= 0.3 is 0 Å². The van der Waals surface area contributed by atoms with Crippen LogP contribution in [0.25, 0.3) is 0 Å². The Balaban J connectivity index is 3.02. The van der Waals surface area contributed by atoms with Crippen molar-refractivity contribution in [3.8, 4) is 12.3 Å². The molecule has 1 amide bonds. The smallest absolute Gasteiger partial charge is 0.222 e. The van der Waals surface area contributed by atoms with E-state index in [-0.39, 0.29) is 5.91 Å². The Hall–Kier alpha value is -1.29. The summed E-state index contributed by atoms with van der Waals surface area (Å²) in [6.45, 7) is 7.71. The fraction of sp³-hybridized carbons (Fsp3) is 0.857. The van der Waals surface area contributed by atoms with Gasteiger partial charge in [-0.05, 0) is 0 Å². The maximum atomic E-state index is 11.0. The molecule has 10 heteroatoms. The molecule has 0 heterocycles. The van der Waals surface area contributed by atoms with Crippen molar-refractivity contribution in [2.45, 2.75) is 6.42 Å². The topological polar surface area (TPSA) is 103 Å². The normalized spacial score (nSPS) is 10.8. The zero-order chi connectivity index (χ0) is 22.7. The summed E-state index contributed by atoms with van der Waals surface area (Å²) in [5.41, 5.74) is 0. The van der Waals surface area contributed by atoms with E-state index in [4.69, 9.17) is 44.3 Å². The van der Waals surface area contributed by atoms with Crippen LogP contribution in [0.2, 0.25) is 0 Å². The predicted octanol–water partition coefficient (Wildman–Crippen LogP) is -0.111. The minimum absolute atomic E-state index is 0.0333. The molecule has 0 aromatic rings. The Labute approximate surface area is 186 Å². The van der Waals surface area contributed by atoms with E-state index in [1.165, 1.54) is 0 Å². The number of ether oxygens (including phenoxy) is 8. The van der Waals surface area contributed by atoms with Crippen LogP contribution in [0.1, 0.15) is 6.42 Å². The molecule has 0 rings (SSSR count). The van der Waals surface area contributed by atoms with Gasteiger partial charge in [0.05, 0.1) is 99.1 Å². The van der Waals surface area contributed by atoms with Crippen LogP contribution in [-0.2, 0) is 42.7 Å². The molecule has 0 aromatic carbocycles. The molecular formula is C21H39NO9. The summed E-state index contributed by atoms with van der Waals surface area (Å²) in [6.07, 6.45) is 5.42. The fourth-order valence-corrected chi connectivity index (χ4v) is 1.96. The van der Waals surface area contributed by atoms with E-state index in [1.807, 2.05) is 0 Å². The molecule has 0 bridgehead atoms. The molecule has 31 heavy (non-hydrogen) atoms. The highest BCUT2D eigenvalue weighted by Crippen LogP contribution is 1.86. The van der Waals surface area contributed by atoms with Crippen molar-refractivity contribution in [1.82, 2.24) is 5.32 Å². The summed E-state index contributed by atoms with van der Waals surface area (Å²) < 4.78 is 42.6. The Kier molecular flexibility index (Phi) is 25.6. The molecular weight excluding hydrogens is 410 g/mol. The van der Waals surface area contributed by atoms with Gasteiger partial charge in [-0.25, -0.2) is 0 Å². The van der Waals surface area contributed by atoms with E-state index >= 15 is 0 Å². The maximum Gasteiger partial charge on any atom is 0.222 e. The molecule has 0 aliphatic carbocycles. The van der Waals surface area contributed by atoms with E-state index in [0.717, 1.165) is 0 Å². The molecule has 0 saturated heterocycles. The number of carbonyl (C=O) groups is 1. The van der Waals surface area contributed by atoms with Gasteiger partial charge in [0.1, 0.15) is 6.61 Å². The lowest BCUT2D eigenvalue weighted by molar-refractivity contribution is -0.121. The van der Waals surface area contributed by atoms with Crippen LogP contribution >= 0.6 is 0 Å². The molecule has 182 valence electrons. The van der Waals surface area contributed by atoms with Crippen molar-refractivity contribution in [3.63, 3.8) is 0 Å². The summed E-state index contributed by atoms with van der Waals surface area (Å²) >= 11 is 0. The molecule has 0 spiro atoms. The molecule has 0 unspecified atom stereocenters. The average molecular weight is 450 g/mol. The van der Waals surface area contributed by atoms with Gasteiger partial charge in [0, 0.05) is 13.5 Å². The lowest BCUT2D eigenvalue weighted by Gasteiger charge is -2.08. The van der Waals surface area contributed by atoms with Crippen molar-refractivity contribution in [2.75, 3.05) is 113 Å². The zero-order valence-corrected chi connectivity index (χ0v) is 18.8. The van der Waals surface area contributed by atoms with Crippen LogP contribution in [0.5, 0.6) is 0 Å². The second-order valence-corrected chi connectivity index (χ2v) is 5.97. The number of carbonyl (C=O) groups excluding carboxylic acids is 1. The highest BCUT2D eigenvalue weighted by Gasteiger charge is 1.97. The second kappa shape index (κ2) is 26.7. The summed E-state index contributed by atoms with van der Waals surface area (Å²) in [5, 5.41) is 2.53. The molecule has 0 aliphatic rings. The molecule has 0 aliphatic heterocycles. The van der Waals surface area contributed by atoms with Crippen LogP contribution in [-0.4, -0.2) is 119 Å². The van der Waals surface area contributed by atoms with Gasteiger partial charge in [0.2, 0.25) is 5.91 Å². The number of hydrogen-bond acceptors (Lipinski definition) is 9. The highest BCUT2D eigenvalue weighted by molar-refractivity contribution is 5.75. The maximum absolute atomic E-state index is 11.0. The number of terminal acetylenes is 1. The Morgan fingerprint density at radius 3 is 1.16 bits per heavy atom. The van der Waals surface area contributed by atoms with Gasteiger partial charge in [-0.15, -0.1) is 6.42 Å². The van der Waals surface area contributed by atoms with Crippen molar-refractivity contribution in [3.05, 3.63) is 0 Å². The lowest BCUT2D eigenvalue weighted by atomic mass is 10.4. The van der Waals surface area contributed by atoms with Crippen LogP contribution in [0.3, 0.4) is 0 Å². The average Bonchev–Trinajstić information content (AvgIpc) is 2.78. The first-order valence-electron chi connectivity index (χ1n) is 10.6. The molecule has 0 atom stereocenters. The van der Waals surface area contributed by atoms with Gasteiger partial charge in [0.15, 0.2) is 0 Å². The first-order chi connectivity index (χ1) is 15.3. The minimum atomic E-state index is -0.0333. The number of amides is 1. The van der Waals surface area contributed by atoms with Gasteiger partial charge in [-0.3, -0.25) is 4.79 Å². The predicted molar refractivity (Wildman–Crippen MR) is 114 cm³/mol. The monoisotopic (exact) mass is 449 g/mol. The Bertz CT molecular complexity index is 418. The van der Waals surface area contributed by atoms with Crippen LogP contribution < -0.4 is 5.32 Å². The summed E-state index contributed by atoms with van der Waals surface area (Å²) in [5.74, 6) is 2.36. The van der Waals surface area contributed by atoms with Crippen LogP contribution in [0, 0.1) is 12.3 Å². The molecule has 0 saturated carbocycles. The third kappa shape index (κ3) is 26.7. The van der Waals surface area contributed by atoms with E-state index in [1.54, 1.807) is 7.05 Å². The van der Waals surface area contributed by atoms with Gasteiger partial charge in [-0.1, -0.05) is 5.92 Å². The van der Waals surface area contributed by atoms with Crippen molar-refractivity contribution < 1.29 is 42.7 Å². The molecule has 0 fully saturated rings. The van der Waals surface area contributed by atoms with E-state index in [0.29, 0.717) is 112 Å². The SMILES string of the molecule is C#CCOCCOCCOCCOCCOCCOCCOCCOCCC(=O)NC. The second-order valence-electron chi connectivity index (χ2n) is 5.97. The summed E-state index contributed by atoms with van der Waals surface area (Å²) in [7, 11) is 1.60. The lowest BCUT2D eigenvalue weighted by Crippen LogP contribution is -2.20. The third-order valence-electron chi connectivity index (χ3n) is 3.54. The first kappa shape index (κ1) is 29.7. The van der Waals surface area contributed by atoms with E-state index in [9.17, 15) is 4.79 Å². The van der Waals surface area contributed by atoms with Gasteiger partial charge in [-0.2, -0.15) is 0 Å². The van der Waals surface area contributed by atoms with Crippen LogP contribution in [0.15, 0.2) is 0 Å².